The number of alkyl halides is 3. The number of nitrogens with one attached hydrogen (secondary N) is 1. The van der Waals surface area contributed by atoms with Crippen LogP contribution in [-0.4, -0.2) is 34.7 Å². The van der Waals surface area contributed by atoms with Gasteiger partial charge in [-0.15, -0.1) is 0 Å². The maximum atomic E-state index is 13.1. The third kappa shape index (κ3) is 3.38. The van der Waals surface area contributed by atoms with Gasteiger partial charge in [0.05, 0.1) is 11.6 Å². The lowest BCUT2D eigenvalue weighted by Gasteiger charge is -2.27. The zero-order valence-corrected chi connectivity index (χ0v) is 14.8. The van der Waals surface area contributed by atoms with Crippen molar-refractivity contribution in [2.45, 2.75) is 32.0 Å². The fourth-order valence-corrected chi connectivity index (χ4v) is 4.14. The average molecular weight is 375 g/mol. The number of benzene rings is 1. The predicted octanol–water partition coefficient (Wildman–Crippen LogP) is 4.86. The van der Waals surface area contributed by atoms with E-state index in [1.807, 2.05) is 37.3 Å². The molecule has 4 nitrogen and oxygen atoms in total. The first-order valence-corrected chi connectivity index (χ1v) is 9.02. The van der Waals surface area contributed by atoms with Crippen LogP contribution in [0.1, 0.15) is 18.4 Å². The van der Waals surface area contributed by atoms with Crippen LogP contribution >= 0.6 is 0 Å². The largest absolute Gasteiger partial charge is 0.394 e. The molecule has 27 heavy (non-hydrogen) atoms. The van der Waals surface area contributed by atoms with Crippen LogP contribution in [0.5, 0.6) is 0 Å². The molecule has 3 atom stereocenters. The summed E-state index contributed by atoms with van der Waals surface area (Å²) in [5.41, 5.74) is 3.22. The van der Waals surface area contributed by atoms with E-state index in [0.29, 0.717) is 25.1 Å². The van der Waals surface area contributed by atoms with E-state index in [-0.39, 0.29) is 0 Å². The number of nitrogens with zero attached hydrogens (tertiary/aromatic N) is 2. The van der Waals surface area contributed by atoms with Crippen LogP contribution in [-0.2, 0) is 0 Å². The number of rotatable bonds is 2. The fraction of sp³-hybridized carbons (Fsp3) is 0.400. The summed E-state index contributed by atoms with van der Waals surface area (Å²) in [4.78, 5) is 18.3. The number of piperidine rings is 1. The summed E-state index contributed by atoms with van der Waals surface area (Å²) in [5, 5.41) is 2.77. The summed E-state index contributed by atoms with van der Waals surface area (Å²) in [6.45, 7) is 2.31. The Hall–Kier alpha value is -2.57. The minimum absolute atomic E-state index is 0.360. The molecule has 2 fully saturated rings. The van der Waals surface area contributed by atoms with E-state index in [2.05, 4.69) is 10.3 Å². The Bertz CT molecular complexity index is 853. The Morgan fingerprint density at radius 1 is 1.26 bits per heavy atom. The van der Waals surface area contributed by atoms with Crippen LogP contribution in [0, 0.1) is 18.8 Å². The molecule has 0 radical (unpaired) electrons. The zero-order chi connectivity index (χ0) is 19.2. The molecular weight excluding hydrogens is 355 g/mol. The van der Waals surface area contributed by atoms with E-state index in [0.717, 1.165) is 16.8 Å². The van der Waals surface area contributed by atoms with E-state index < -0.39 is 30.1 Å². The summed E-state index contributed by atoms with van der Waals surface area (Å²) in [7, 11) is 0. The summed E-state index contributed by atoms with van der Waals surface area (Å²) in [5.74, 6) is -1.83. The van der Waals surface area contributed by atoms with Crippen molar-refractivity contribution in [3.63, 3.8) is 0 Å². The van der Waals surface area contributed by atoms with Gasteiger partial charge in [0.2, 0.25) is 0 Å². The summed E-state index contributed by atoms with van der Waals surface area (Å²) < 4.78 is 39.4. The third-order valence-corrected chi connectivity index (χ3v) is 5.49. The van der Waals surface area contributed by atoms with Crippen molar-refractivity contribution in [2.24, 2.45) is 11.8 Å². The van der Waals surface area contributed by atoms with Gasteiger partial charge >= 0.3 is 12.2 Å². The van der Waals surface area contributed by atoms with E-state index in [1.165, 1.54) is 4.90 Å². The monoisotopic (exact) mass is 375 g/mol. The van der Waals surface area contributed by atoms with Gasteiger partial charge in [-0.1, -0.05) is 12.1 Å². The van der Waals surface area contributed by atoms with Crippen molar-refractivity contribution in [2.75, 3.05) is 11.9 Å². The maximum Gasteiger partial charge on any atom is 0.394 e. The standard InChI is InChI=1S/C20H20F3N3O/c1-12-7-8-13(11-15(12)16-6-2-3-9-24-16)25-19(27)26-10-4-5-14-17(18(14)26)20(21,22)23/h2-3,6-9,11,14,17-18H,4-5,10H2,1H3,(H,25,27). The van der Waals surface area contributed by atoms with E-state index in [1.54, 1.807) is 12.3 Å². The first-order chi connectivity index (χ1) is 12.9. The molecule has 3 unspecified atom stereocenters. The normalized spacial score (nSPS) is 24.3. The topological polar surface area (TPSA) is 45.2 Å². The number of carbonyl (C=O) groups is 1. The number of aromatic nitrogens is 1. The van der Waals surface area contributed by atoms with Crippen LogP contribution in [0.25, 0.3) is 11.3 Å². The number of amides is 2. The minimum atomic E-state index is -4.24. The highest BCUT2D eigenvalue weighted by Crippen LogP contribution is 2.57. The molecule has 0 spiro atoms. The van der Waals surface area contributed by atoms with Gasteiger partial charge in [-0.05, 0) is 55.5 Å². The molecule has 0 bridgehead atoms. The first kappa shape index (κ1) is 17.8. The summed E-state index contributed by atoms with van der Waals surface area (Å²) in [6, 6.07) is 9.83. The Morgan fingerprint density at radius 2 is 2.07 bits per heavy atom. The highest BCUT2D eigenvalue weighted by Gasteiger charge is 2.67. The summed E-state index contributed by atoms with van der Waals surface area (Å²) >= 11 is 0. The van der Waals surface area contributed by atoms with Gasteiger partial charge in [0.15, 0.2) is 0 Å². The quantitative estimate of drug-likeness (QED) is 0.815. The van der Waals surface area contributed by atoms with Crippen molar-refractivity contribution in [3.05, 3.63) is 48.2 Å². The molecule has 142 valence electrons. The molecule has 7 heteroatoms. The minimum Gasteiger partial charge on any atom is -0.321 e. The number of hydrogen-bond acceptors (Lipinski definition) is 2. The molecule has 2 heterocycles. The number of halogens is 3. The lowest BCUT2D eigenvalue weighted by molar-refractivity contribution is -0.153. The van der Waals surface area contributed by atoms with E-state index >= 15 is 0 Å². The Morgan fingerprint density at radius 3 is 2.78 bits per heavy atom. The van der Waals surface area contributed by atoms with Crippen molar-refractivity contribution in [1.29, 1.82) is 0 Å². The van der Waals surface area contributed by atoms with E-state index in [4.69, 9.17) is 0 Å². The molecule has 1 aliphatic heterocycles. The first-order valence-electron chi connectivity index (χ1n) is 9.02. The fourth-order valence-electron chi connectivity index (χ4n) is 4.14. The Balaban J connectivity index is 1.52. The molecule has 1 aromatic carbocycles. The highest BCUT2D eigenvalue weighted by atomic mass is 19.4. The van der Waals surface area contributed by atoms with Gasteiger partial charge in [0, 0.05) is 30.0 Å². The van der Waals surface area contributed by atoms with Crippen LogP contribution in [0.2, 0.25) is 0 Å². The van der Waals surface area contributed by atoms with Gasteiger partial charge in [-0.3, -0.25) is 4.98 Å². The van der Waals surface area contributed by atoms with Crippen LogP contribution in [0.4, 0.5) is 23.7 Å². The molecule has 2 aliphatic rings. The lowest BCUT2D eigenvalue weighted by Crippen LogP contribution is -2.41. The number of pyridine rings is 1. The smallest absolute Gasteiger partial charge is 0.321 e. The Labute approximate surface area is 155 Å². The molecule has 1 saturated heterocycles. The van der Waals surface area contributed by atoms with Crippen LogP contribution in [0.15, 0.2) is 42.6 Å². The second kappa shape index (κ2) is 6.55. The number of urea groups is 1. The number of aryl methyl sites for hydroxylation is 1. The Kier molecular flexibility index (Phi) is 4.32. The maximum absolute atomic E-state index is 13.1. The van der Waals surface area contributed by atoms with Gasteiger partial charge in [0.25, 0.3) is 0 Å². The zero-order valence-electron chi connectivity index (χ0n) is 14.8. The second-order valence-corrected chi connectivity index (χ2v) is 7.23. The summed E-state index contributed by atoms with van der Waals surface area (Å²) in [6.07, 6.45) is -1.41. The number of likely N-dealkylation sites (tertiary alicyclic amines) is 1. The molecule has 1 N–H and O–H groups in total. The van der Waals surface area contributed by atoms with Crippen molar-refractivity contribution < 1.29 is 18.0 Å². The average Bonchev–Trinajstić information content (AvgIpc) is 3.39. The molecule has 1 aliphatic carbocycles. The highest BCUT2D eigenvalue weighted by molar-refractivity contribution is 5.91. The molecule has 1 saturated carbocycles. The number of anilines is 1. The number of carbonyl (C=O) groups excluding carboxylic acids is 1. The van der Waals surface area contributed by atoms with Crippen molar-refractivity contribution >= 4 is 11.7 Å². The van der Waals surface area contributed by atoms with Gasteiger partial charge < -0.3 is 10.2 Å². The van der Waals surface area contributed by atoms with Crippen molar-refractivity contribution in [3.8, 4) is 11.3 Å². The lowest BCUT2D eigenvalue weighted by atomic mass is 10.0. The molecule has 2 aromatic rings. The second-order valence-electron chi connectivity index (χ2n) is 7.23. The van der Waals surface area contributed by atoms with Crippen LogP contribution in [0.3, 0.4) is 0 Å². The number of hydrogen-bond donors (Lipinski definition) is 1. The van der Waals surface area contributed by atoms with Crippen LogP contribution < -0.4 is 5.32 Å². The molecule has 2 amide bonds. The van der Waals surface area contributed by atoms with Crippen molar-refractivity contribution in [1.82, 2.24) is 9.88 Å². The van der Waals surface area contributed by atoms with E-state index in [9.17, 15) is 18.0 Å². The predicted molar refractivity (Wildman–Crippen MR) is 96.2 cm³/mol. The van der Waals surface area contributed by atoms with Gasteiger partial charge in [0.1, 0.15) is 0 Å². The molecular formula is C20H20F3N3O. The third-order valence-electron chi connectivity index (χ3n) is 5.49. The van der Waals surface area contributed by atoms with Gasteiger partial charge in [-0.25, -0.2) is 4.79 Å². The number of fused-ring (bicyclic) bond motifs is 1. The molecule has 1 aromatic heterocycles. The molecule has 4 rings (SSSR count). The SMILES string of the molecule is Cc1ccc(NC(=O)N2CCCC3C2C3C(F)(F)F)cc1-c1ccccn1. The van der Waals surface area contributed by atoms with Gasteiger partial charge in [-0.2, -0.15) is 13.2 Å².